The van der Waals surface area contributed by atoms with E-state index in [1.165, 1.54) is 12.1 Å². The largest absolute Gasteiger partial charge is 0.312 e. The monoisotopic (exact) mass is 211 g/mol. The van der Waals surface area contributed by atoms with Gasteiger partial charge in [-0.2, -0.15) is 0 Å². The topological polar surface area (TPSA) is 12.0 Å². The average molecular weight is 212 g/mol. The number of rotatable bonds is 4. The summed E-state index contributed by atoms with van der Waals surface area (Å²) in [4.78, 5) is 0. The zero-order chi connectivity index (χ0) is 10.4. The minimum atomic E-state index is -0.314. The van der Waals surface area contributed by atoms with Crippen molar-refractivity contribution < 1.29 is 4.39 Å². The summed E-state index contributed by atoms with van der Waals surface area (Å²) in [5, 5.41) is 3.50. The molecular weight excluding hydrogens is 201 g/mol. The quantitative estimate of drug-likeness (QED) is 0.596. The molecule has 0 fully saturated rings. The molecule has 0 saturated carbocycles. The molecule has 14 heavy (non-hydrogen) atoms. The van der Waals surface area contributed by atoms with Gasteiger partial charge in [0.2, 0.25) is 0 Å². The minimum absolute atomic E-state index is 0.314. The van der Waals surface area contributed by atoms with Crippen molar-refractivity contribution in [3.05, 3.63) is 34.6 Å². The number of halogens is 2. The highest BCUT2D eigenvalue weighted by Crippen LogP contribution is 2.13. The maximum atomic E-state index is 12.9. The predicted molar refractivity (Wildman–Crippen MR) is 56.6 cm³/mol. The van der Waals surface area contributed by atoms with Crippen LogP contribution in [0.5, 0.6) is 0 Å². The van der Waals surface area contributed by atoms with E-state index < -0.39 is 0 Å². The molecule has 0 atom stereocenters. The van der Waals surface area contributed by atoms with Gasteiger partial charge in [0.1, 0.15) is 5.82 Å². The Morgan fingerprint density at radius 1 is 1.43 bits per heavy atom. The summed E-state index contributed by atoms with van der Waals surface area (Å²) in [6, 6.07) is 4.47. The molecular formula is C11H11ClFN. The second-order valence-corrected chi connectivity index (χ2v) is 3.35. The zero-order valence-corrected chi connectivity index (χ0v) is 8.44. The summed E-state index contributed by atoms with van der Waals surface area (Å²) < 4.78 is 12.9. The normalized spacial score (nSPS) is 9.79. The highest BCUT2D eigenvalue weighted by Gasteiger charge is 1.98. The molecule has 3 heteroatoms. The van der Waals surface area contributed by atoms with Crippen LogP contribution in [0.4, 0.5) is 4.39 Å². The molecule has 0 aliphatic rings. The maximum absolute atomic E-state index is 12.9. The summed E-state index contributed by atoms with van der Waals surface area (Å²) in [6.07, 6.45) is 5.75. The summed E-state index contributed by atoms with van der Waals surface area (Å²) in [5.74, 6) is 2.20. The molecule has 1 N–H and O–H groups in total. The molecule has 0 aliphatic carbocycles. The molecule has 0 saturated heterocycles. The van der Waals surface area contributed by atoms with E-state index in [0.29, 0.717) is 18.0 Å². The van der Waals surface area contributed by atoms with E-state index in [2.05, 4.69) is 11.2 Å². The molecule has 1 rings (SSSR count). The van der Waals surface area contributed by atoms with Gasteiger partial charge in [0.15, 0.2) is 0 Å². The van der Waals surface area contributed by atoms with Crippen molar-refractivity contribution in [2.24, 2.45) is 0 Å². The van der Waals surface area contributed by atoms with Crippen molar-refractivity contribution in [3.63, 3.8) is 0 Å². The Labute approximate surface area is 88.3 Å². The smallest absolute Gasteiger partial charge is 0.125 e. The van der Waals surface area contributed by atoms with Gasteiger partial charge in [0.25, 0.3) is 0 Å². The van der Waals surface area contributed by atoms with Crippen LogP contribution in [0, 0.1) is 18.2 Å². The molecule has 0 heterocycles. The lowest BCUT2D eigenvalue weighted by Crippen LogP contribution is -2.14. The van der Waals surface area contributed by atoms with Crippen molar-refractivity contribution in [2.45, 2.75) is 13.0 Å². The SMILES string of the molecule is C#CCCNCc1cc(F)cc(Cl)c1. The average Bonchev–Trinajstić information content (AvgIpc) is 2.11. The van der Waals surface area contributed by atoms with Crippen molar-refractivity contribution in [2.75, 3.05) is 6.54 Å². The fourth-order valence-corrected chi connectivity index (χ4v) is 1.35. The van der Waals surface area contributed by atoms with E-state index in [1.807, 2.05) is 0 Å². The Morgan fingerprint density at radius 2 is 2.21 bits per heavy atom. The number of benzene rings is 1. The van der Waals surface area contributed by atoms with Gasteiger partial charge in [-0.05, 0) is 23.8 Å². The lowest BCUT2D eigenvalue weighted by molar-refractivity contribution is 0.621. The lowest BCUT2D eigenvalue weighted by atomic mass is 10.2. The molecule has 0 bridgehead atoms. The third-order valence-electron chi connectivity index (χ3n) is 1.70. The highest BCUT2D eigenvalue weighted by molar-refractivity contribution is 6.30. The molecule has 0 amide bonds. The molecule has 74 valence electrons. The molecule has 1 aromatic rings. The van der Waals surface area contributed by atoms with Crippen molar-refractivity contribution in [1.82, 2.24) is 5.32 Å². The first-order chi connectivity index (χ1) is 6.72. The van der Waals surface area contributed by atoms with Gasteiger partial charge in [-0.15, -0.1) is 12.3 Å². The van der Waals surface area contributed by atoms with E-state index in [0.717, 1.165) is 12.1 Å². The highest BCUT2D eigenvalue weighted by atomic mass is 35.5. The predicted octanol–water partition coefficient (Wildman–Crippen LogP) is 2.59. The molecule has 0 unspecified atom stereocenters. The lowest BCUT2D eigenvalue weighted by Gasteiger charge is -2.03. The second kappa shape index (κ2) is 5.64. The standard InChI is InChI=1S/C11H11ClFN/c1-2-3-4-14-8-9-5-10(12)7-11(13)6-9/h1,5-7,14H,3-4,8H2. The van der Waals surface area contributed by atoms with Gasteiger partial charge in [-0.25, -0.2) is 4.39 Å². The van der Waals surface area contributed by atoms with Crippen molar-refractivity contribution in [1.29, 1.82) is 0 Å². The van der Waals surface area contributed by atoms with Crippen LogP contribution in [-0.2, 0) is 6.54 Å². The van der Waals surface area contributed by atoms with Gasteiger partial charge in [0.05, 0.1) is 0 Å². The van der Waals surface area contributed by atoms with Crippen LogP contribution in [0.3, 0.4) is 0 Å². The third-order valence-corrected chi connectivity index (χ3v) is 1.92. The number of hydrogen-bond donors (Lipinski definition) is 1. The fourth-order valence-electron chi connectivity index (χ4n) is 1.11. The van der Waals surface area contributed by atoms with Crippen molar-refractivity contribution >= 4 is 11.6 Å². The summed E-state index contributed by atoms with van der Waals surface area (Å²) in [5.41, 5.74) is 0.826. The maximum Gasteiger partial charge on any atom is 0.125 e. The first-order valence-electron chi connectivity index (χ1n) is 4.31. The van der Waals surface area contributed by atoms with Gasteiger partial charge >= 0.3 is 0 Å². The van der Waals surface area contributed by atoms with Gasteiger partial charge in [-0.1, -0.05) is 11.6 Å². The van der Waals surface area contributed by atoms with E-state index in [1.54, 1.807) is 6.07 Å². The number of nitrogens with one attached hydrogen (secondary N) is 1. The second-order valence-electron chi connectivity index (χ2n) is 2.91. The van der Waals surface area contributed by atoms with Crippen LogP contribution < -0.4 is 5.32 Å². The minimum Gasteiger partial charge on any atom is -0.312 e. The van der Waals surface area contributed by atoms with Crippen LogP contribution in [0.25, 0.3) is 0 Å². The third kappa shape index (κ3) is 3.78. The number of hydrogen-bond acceptors (Lipinski definition) is 1. The first kappa shape index (κ1) is 11.0. The Kier molecular flexibility index (Phi) is 4.45. The summed E-state index contributed by atoms with van der Waals surface area (Å²) >= 11 is 5.69. The Bertz CT molecular complexity index is 323. The van der Waals surface area contributed by atoms with Crippen molar-refractivity contribution in [3.8, 4) is 12.3 Å². The number of terminal acetylenes is 1. The van der Waals surface area contributed by atoms with Crippen LogP contribution in [0.15, 0.2) is 18.2 Å². The van der Waals surface area contributed by atoms with E-state index in [4.69, 9.17) is 18.0 Å². The van der Waals surface area contributed by atoms with Gasteiger partial charge < -0.3 is 5.32 Å². The Balaban J connectivity index is 2.47. The van der Waals surface area contributed by atoms with Crippen LogP contribution in [-0.4, -0.2) is 6.54 Å². The summed E-state index contributed by atoms with van der Waals surface area (Å²) in [7, 11) is 0. The zero-order valence-electron chi connectivity index (χ0n) is 7.69. The molecule has 0 aromatic heterocycles. The first-order valence-corrected chi connectivity index (χ1v) is 4.69. The van der Waals surface area contributed by atoms with Crippen LogP contribution in [0.2, 0.25) is 5.02 Å². The fraction of sp³-hybridized carbons (Fsp3) is 0.273. The van der Waals surface area contributed by atoms with Crippen LogP contribution in [0.1, 0.15) is 12.0 Å². The molecule has 1 nitrogen and oxygen atoms in total. The Morgan fingerprint density at radius 3 is 2.86 bits per heavy atom. The van der Waals surface area contributed by atoms with E-state index in [9.17, 15) is 4.39 Å². The van der Waals surface area contributed by atoms with Gasteiger partial charge in [0, 0.05) is 24.5 Å². The van der Waals surface area contributed by atoms with Crippen LogP contribution >= 0.6 is 11.6 Å². The molecule has 1 aromatic carbocycles. The molecule has 0 spiro atoms. The van der Waals surface area contributed by atoms with Gasteiger partial charge in [-0.3, -0.25) is 0 Å². The van der Waals surface area contributed by atoms with E-state index >= 15 is 0 Å². The van der Waals surface area contributed by atoms with E-state index in [-0.39, 0.29) is 5.82 Å². The summed E-state index contributed by atoms with van der Waals surface area (Å²) in [6.45, 7) is 1.31. The molecule has 0 aliphatic heterocycles. The molecule has 0 radical (unpaired) electrons. The Hall–Kier alpha value is -1.04.